The number of hydrogen-bond acceptors (Lipinski definition) is 4. The van der Waals surface area contributed by atoms with Crippen LogP contribution < -0.4 is 0 Å². The smallest absolute Gasteiger partial charge is 0.137 e. The predicted octanol–water partition coefficient (Wildman–Crippen LogP) is -0.614. The first-order chi connectivity index (χ1) is 4.13. The summed E-state index contributed by atoms with van der Waals surface area (Å²) >= 11 is 3.84. The van der Waals surface area contributed by atoms with Crippen LogP contribution in [0.25, 0.3) is 0 Å². The highest BCUT2D eigenvalue weighted by atomic mass is 32.1. The molecule has 0 unspecified atom stereocenters. The van der Waals surface area contributed by atoms with E-state index in [2.05, 4.69) is 12.6 Å². The predicted molar refractivity (Wildman–Crippen MR) is 35.4 cm³/mol. The number of rotatable bonds is 0. The second kappa shape index (κ2) is 2.46. The SMILES string of the molecule is O[C@@H]1COCC[C@@]1(O)S. The lowest BCUT2D eigenvalue weighted by Gasteiger charge is -2.31. The largest absolute Gasteiger partial charge is 0.387 e. The molecule has 1 heterocycles. The maximum absolute atomic E-state index is 9.18. The minimum Gasteiger partial charge on any atom is -0.387 e. The summed E-state index contributed by atoms with van der Waals surface area (Å²) in [5.74, 6) is 0. The van der Waals surface area contributed by atoms with Crippen LogP contribution in [-0.2, 0) is 4.74 Å². The third-order valence-corrected chi connectivity index (χ3v) is 1.95. The Balaban J connectivity index is 2.49. The van der Waals surface area contributed by atoms with Gasteiger partial charge in [-0.15, -0.1) is 12.6 Å². The van der Waals surface area contributed by atoms with Crippen LogP contribution in [0.5, 0.6) is 0 Å². The van der Waals surface area contributed by atoms with E-state index in [-0.39, 0.29) is 6.61 Å². The van der Waals surface area contributed by atoms with Gasteiger partial charge in [0.15, 0.2) is 0 Å². The Bertz CT molecular complexity index is 104. The molecule has 0 aromatic carbocycles. The van der Waals surface area contributed by atoms with Crippen LogP contribution >= 0.6 is 12.6 Å². The molecular weight excluding hydrogens is 140 g/mol. The van der Waals surface area contributed by atoms with E-state index in [4.69, 9.17) is 9.84 Å². The van der Waals surface area contributed by atoms with E-state index in [1.165, 1.54) is 0 Å². The van der Waals surface area contributed by atoms with Crippen molar-refractivity contribution in [3.05, 3.63) is 0 Å². The standard InChI is InChI=1S/C5H10O3S/c6-4-3-8-2-1-5(4,7)9/h4,6-7,9H,1-3H2/t4-,5-/m1/s1. The molecule has 1 rings (SSSR count). The Labute approximate surface area is 59.1 Å². The third kappa shape index (κ3) is 1.58. The van der Waals surface area contributed by atoms with Crippen LogP contribution in [-0.4, -0.2) is 34.5 Å². The lowest BCUT2D eigenvalue weighted by Crippen LogP contribution is -2.44. The fourth-order valence-corrected chi connectivity index (χ4v) is 0.883. The van der Waals surface area contributed by atoms with Gasteiger partial charge in [0.2, 0.25) is 0 Å². The third-order valence-electron chi connectivity index (χ3n) is 1.42. The molecule has 2 N–H and O–H groups in total. The van der Waals surface area contributed by atoms with Crippen molar-refractivity contribution in [1.29, 1.82) is 0 Å². The Kier molecular flexibility index (Phi) is 2.00. The number of hydrogen-bond donors (Lipinski definition) is 3. The zero-order chi connectivity index (χ0) is 6.91. The molecule has 1 aliphatic rings. The van der Waals surface area contributed by atoms with Crippen LogP contribution in [0.1, 0.15) is 6.42 Å². The molecule has 54 valence electrons. The van der Waals surface area contributed by atoms with Gasteiger partial charge in [-0.1, -0.05) is 0 Å². The molecule has 0 bridgehead atoms. The fourth-order valence-electron chi connectivity index (χ4n) is 0.717. The van der Waals surface area contributed by atoms with Gasteiger partial charge >= 0.3 is 0 Å². The van der Waals surface area contributed by atoms with Gasteiger partial charge in [0.1, 0.15) is 11.0 Å². The Morgan fingerprint density at radius 2 is 2.33 bits per heavy atom. The first kappa shape index (κ1) is 7.34. The van der Waals surface area contributed by atoms with Crippen molar-refractivity contribution in [2.24, 2.45) is 0 Å². The van der Waals surface area contributed by atoms with Crippen molar-refractivity contribution in [3.63, 3.8) is 0 Å². The summed E-state index contributed by atoms with van der Waals surface area (Å²) in [7, 11) is 0. The molecule has 0 aromatic heterocycles. The Morgan fingerprint density at radius 3 is 2.67 bits per heavy atom. The second-order valence-corrected chi connectivity index (χ2v) is 2.99. The first-order valence-electron chi connectivity index (χ1n) is 2.83. The van der Waals surface area contributed by atoms with Gasteiger partial charge in [0, 0.05) is 6.42 Å². The highest BCUT2D eigenvalue weighted by molar-refractivity contribution is 7.81. The van der Waals surface area contributed by atoms with Gasteiger partial charge < -0.3 is 14.9 Å². The molecule has 0 aliphatic carbocycles. The monoisotopic (exact) mass is 150 g/mol. The summed E-state index contributed by atoms with van der Waals surface area (Å²) in [5, 5.41) is 18.2. The van der Waals surface area contributed by atoms with Gasteiger partial charge in [-0.3, -0.25) is 0 Å². The summed E-state index contributed by atoms with van der Waals surface area (Å²) in [4.78, 5) is -1.24. The van der Waals surface area contributed by atoms with E-state index < -0.39 is 11.0 Å². The van der Waals surface area contributed by atoms with E-state index in [0.717, 1.165) is 0 Å². The number of aliphatic hydroxyl groups is 2. The van der Waals surface area contributed by atoms with Crippen molar-refractivity contribution in [2.75, 3.05) is 13.2 Å². The molecule has 2 atom stereocenters. The maximum Gasteiger partial charge on any atom is 0.137 e. The maximum atomic E-state index is 9.18. The van der Waals surface area contributed by atoms with Crippen molar-refractivity contribution in [3.8, 4) is 0 Å². The second-order valence-electron chi connectivity index (χ2n) is 2.22. The molecule has 1 saturated heterocycles. The van der Waals surface area contributed by atoms with E-state index in [1.807, 2.05) is 0 Å². The number of aliphatic hydroxyl groups excluding tert-OH is 1. The zero-order valence-electron chi connectivity index (χ0n) is 4.95. The molecule has 0 aromatic rings. The Hall–Kier alpha value is 0.230. The average Bonchev–Trinajstić information content (AvgIpc) is 1.77. The van der Waals surface area contributed by atoms with Crippen LogP contribution in [0.3, 0.4) is 0 Å². The van der Waals surface area contributed by atoms with Crippen molar-refractivity contribution < 1.29 is 14.9 Å². The van der Waals surface area contributed by atoms with Crippen molar-refractivity contribution in [2.45, 2.75) is 17.5 Å². The van der Waals surface area contributed by atoms with Gasteiger partial charge in [0.05, 0.1) is 13.2 Å². The molecule has 9 heavy (non-hydrogen) atoms. The highest BCUT2D eigenvalue weighted by Gasteiger charge is 2.34. The van der Waals surface area contributed by atoms with E-state index in [1.54, 1.807) is 0 Å². The van der Waals surface area contributed by atoms with Crippen molar-refractivity contribution >= 4 is 12.6 Å². The number of thiol groups is 1. The number of ether oxygens (including phenoxy) is 1. The minimum atomic E-state index is -1.24. The van der Waals surface area contributed by atoms with Gasteiger partial charge in [-0.25, -0.2) is 0 Å². The lowest BCUT2D eigenvalue weighted by molar-refractivity contribution is -0.102. The summed E-state index contributed by atoms with van der Waals surface area (Å²) in [6.45, 7) is 0.650. The lowest BCUT2D eigenvalue weighted by atomic mass is 10.1. The summed E-state index contributed by atoms with van der Waals surface area (Å²) in [6.07, 6.45) is -0.466. The first-order valence-corrected chi connectivity index (χ1v) is 3.28. The average molecular weight is 150 g/mol. The molecule has 0 saturated carbocycles. The van der Waals surface area contributed by atoms with Gasteiger partial charge in [0.25, 0.3) is 0 Å². The zero-order valence-corrected chi connectivity index (χ0v) is 5.84. The molecule has 3 nitrogen and oxygen atoms in total. The van der Waals surface area contributed by atoms with Crippen LogP contribution in [0.4, 0.5) is 0 Å². The Morgan fingerprint density at radius 1 is 1.67 bits per heavy atom. The summed E-state index contributed by atoms with van der Waals surface area (Å²) < 4.78 is 4.86. The normalized spacial score (nSPS) is 45.0. The molecule has 1 aliphatic heterocycles. The molecule has 4 heteroatoms. The molecule has 1 fully saturated rings. The van der Waals surface area contributed by atoms with Gasteiger partial charge in [-0.2, -0.15) is 0 Å². The summed E-state index contributed by atoms with van der Waals surface area (Å²) in [5.41, 5.74) is 0. The molecule has 0 radical (unpaired) electrons. The van der Waals surface area contributed by atoms with Gasteiger partial charge in [-0.05, 0) is 0 Å². The van der Waals surface area contributed by atoms with E-state index in [9.17, 15) is 5.11 Å². The molecule has 0 amide bonds. The topological polar surface area (TPSA) is 49.7 Å². The molecular formula is C5H10O3S. The van der Waals surface area contributed by atoms with Crippen LogP contribution in [0.2, 0.25) is 0 Å². The quantitative estimate of drug-likeness (QED) is 0.319. The van der Waals surface area contributed by atoms with E-state index in [0.29, 0.717) is 13.0 Å². The van der Waals surface area contributed by atoms with Crippen LogP contribution in [0, 0.1) is 0 Å². The van der Waals surface area contributed by atoms with E-state index >= 15 is 0 Å². The van der Waals surface area contributed by atoms with Crippen molar-refractivity contribution in [1.82, 2.24) is 0 Å². The fraction of sp³-hybridized carbons (Fsp3) is 1.00. The van der Waals surface area contributed by atoms with Crippen LogP contribution in [0.15, 0.2) is 0 Å². The summed E-state index contributed by atoms with van der Waals surface area (Å²) in [6, 6.07) is 0. The highest BCUT2D eigenvalue weighted by Crippen LogP contribution is 2.23. The minimum absolute atomic E-state index is 0.181. The molecule has 0 spiro atoms.